The molecule has 0 unspecified atom stereocenters. The maximum Gasteiger partial charge on any atom is 0.307 e. The molecule has 6 heteroatoms. The lowest BCUT2D eigenvalue weighted by molar-refractivity contribution is -0.160. The summed E-state index contributed by atoms with van der Waals surface area (Å²) >= 11 is 0. The Kier molecular flexibility index (Phi) is 4.55. The molecule has 0 aliphatic heterocycles. The summed E-state index contributed by atoms with van der Waals surface area (Å²) in [5.74, 6) is 1.90. The summed E-state index contributed by atoms with van der Waals surface area (Å²) < 4.78 is 7.26. The Morgan fingerprint density at radius 3 is 2.22 bits per heavy atom. The Bertz CT molecular complexity index is 732. The number of amides is 1. The number of nitrogens with one attached hydrogen (secondary N) is 1. The Labute approximate surface area is 161 Å². The quantitative estimate of drug-likeness (QED) is 0.802. The van der Waals surface area contributed by atoms with E-state index in [1.165, 1.54) is 38.5 Å². The molecule has 4 saturated carbocycles. The minimum atomic E-state index is -0.801. The van der Waals surface area contributed by atoms with E-state index in [0.717, 1.165) is 29.1 Å². The normalized spacial score (nSPS) is 32.4. The highest BCUT2D eigenvalue weighted by Gasteiger charge is 2.51. The number of rotatable bonds is 5. The Balaban J connectivity index is 1.34. The molecule has 1 aromatic rings. The number of hydrogen-bond donors (Lipinski definition) is 1. The molecule has 1 N–H and O–H groups in total. The zero-order chi connectivity index (χ0) is 19.3. The maximum atomic E-state index is 12.6. The smallest absolute Gasteiger partial charge is 0.307 e. The van der Waals surface area contributed by atoms with Crippen LogP contribution in [0.15, 0.2) is 0 Å². The van der Waals surface area contributed by atoms with Crippen molar-refractivity contribution < 1.29 is 14.3 Å². The number of carbonyl (C=O) groups excluding carboxylic acids is 2. The van der Waals surface area contributed by atoms with E-state index in [2.05, 4.69) is 10.4 Å². The lowest BCUT2D eigenvalue weighted by Gasteiger charge is -2.56. The number of esters is 1. The number of ether oxygens (including phenoxy) is 1. The summed E-state index contributed by atoms with van der Waals surface area (Å²) in [6.45, 7) is 5.40. The Morgan fingerprint density at radius 2 is 1.74 bits per heavy atom. The summed E-state index contributed by atoms with van der Waals surface area (Å²) in [6.07, 6.45) is 7.25. The first-order valence-electron chi connectivity index (χ1n) is 10.3. The molecule has 27 heavy (non-hydrogen) atoms. The van der Waals surface area contributed by atoms with Crippen molar-refractivity contribution in [1.29, 1.82) is 0 Å². The standard InChI is InChI=1S/C21H31N3O3/c1-12-19(13(2)24(4)23-12)22-20(26)14(3)27-18(25)11-21-8-15-5-16(9-21)7-17(6-15)10-21/h14-17H,5-11H2,1-4H3,(H,22,26)/t14-,15?,16?,17?,21?/m1/s1. The second kappa shape index (κ2) is 6.64. The van der Waals surface area contributed by atoms with Gasteiger partial charge in [0, 0.05) is 7.05 Å². The van der Waals surface area contributed by atoms with Crippen molar-refractivity contribution in [3.05, 3.63) is 11.4 Å². The summed E-state index contributed by atoms with van der Waals surface area (Å²) in [6, 6.07) is 0. The Hall–Kier alpha value is -1.85. The summed E-state index contributed by atoms with van der Waals surface area (Å²) in [7, 11) is 1.84. The monoisotopic (exact) mass is 373 g/mol. The van der Waals surface area contributed by atoms with Crippen molar-refractivity contribution >= 4 is 17.6 Å². The predicted octanol–water partition coefficient (Wildman–Crippen LogP) is 3.51. The first-order chi connectivity index (χ1) is 12.7. The van der Waals surface area contributed by atoms with Crippen molar-refractivity contribution in [1.82, 2.24) is 9.78 Å². The largest absolute Gasteiger partial charge is 0.453 e. The molecular formula is C21H31N3O3. The van der Waals surface area contributed by atoms with Crippen molar-refractivity contribution in [3.63, 3.8) is 0 Å². The van der Waals surface area contributed by atoms with Gasteiger partial charge in [-0.2, -0.15) is 5.10 Å². The fraction of sp³-hybridized carbons (Fsp3) is 0.762. The van der Waals surface area contributed by atoms with Gasteiger partial charge in [0.2, 0.25) is 0 Å². The Morgan fingerprint density at radius 1 is 1.19 bits per heavy atom. The van der Waals surface area contributed by atoms with Crippen LogP contribution >= 0.6 is 0 Å². The fourth-order valence-electron chi connectivity index (χ4n) is 6.28. The molecular weight excluding hydrogens is 342 g/mol. The van der Waals surface area contributed by atoms with Gasteiger partial charge in [-0.25, -0.2) is 0 Å². The molecule has 0 aromatic carbocycles. The van der Waals surface area contributed by atoms with Crippen LogP contribution in [0.4, 0.5) is 5.69 Å². The third-order valence-electron chi connectivity index (χ3n) is 7.12. The number of anilines is 1. The van der Waals surface area contributed by atoms with E-state index in [9.17, 15) is 9.59 Å². The SMILES string of the molecule is Cc1nn(C)c(C)c1NC(=O)[C@@H](C)OC(=O)CC12CC3CC(CC(C3)C1)C2. The van der Waals surface area contributed by atoms with E-state index in [1.54, 1.807) is 11.6 Å². The third kappa shape index (κ3) is 3.50. The zero-order valence-electron chi connectivity index (χ0n) is 16.9. The van der Waals surface area contributed by atoms with Crippen molar-refractivity contribution in [2.75, 3.05) is 5.32 Å². The van der Waals surface area contributed by atoms with E-state index >= 15 is 0 Å². The van der Waals surface area contributed by atoms with Gasteiger partial charge >= 0.3 is 5.97 Å². The molecule has 4 fully saturated rings. The van der Waals surface area contributed by atoms with E-state index in [-0.39, 0.29) is 17.3 Å². The van der Waals surface area contributed by atoms with Gasteiger partial charge in [0.05, 0.1) is 23.5 Å². The lowest BCUT2D eigenvalue weighted by atomic mass is 9.49. The molecule has 4 aliphatic carbocycles. The number of aryl methyl sites for hydroxylation is 2. The van der Waals surface area contributed by atoms with Crippen molar-refractivity contribution in [2.24, 2.45) is 30.2 Å². The molecule has 4 aliphatic rings. The molecule has 5 rings (SSSR count). The first-order valence-corrected chi connectivity index (χ1v) is 10.3. The summed E-state index contributed by atoms with van der Waals surface area (Å²) in [5, 5.41) is 7.16. The molecule has 4 bridgehead atoms. The van der Waals surface area contributed by atoms with Crippen LogP contribution in [0.25, 0.3) is 0 Å². The highest BCUT2D eigenvalue weighted by Crippen LogP contribution is 2.61. The van der Waals surface area contributed by atoms with Gasteiger partial charge in [-0.15, -0.1) is 0 Å². The van der Waals surface area contributed by atoms with Gasteiger partial charge in [0.25, 0.3) is 5.91 Å². The zero-order valence-corrected chi connectivity index (χ0v) is 16.9. The van der Waals surface area contributed by atoms with Gasteiger partial charge in [-0.1, -0.05) is 0 Å². The highest BCUT2D eigenvalue weighted by atomic mass is 16.5. The highest BCUT2D eigenvalue weighted by molar-refractivity contribution is 5.96. The molecule has 148 valence electrons. The van der Waals surface area contributed by atoms with Gasteiger partial charge in [-0.05, 0) is 82.5 Å². The van der Waals surface area contributed by atoms with Crippen LogP contribution in [0.2, 0.25) is 0 Å². The molecule has 1 heterocycles. The molecule has 6 nitrogen and oxygen atoms in total. The van der Waals surface area contributed by atoms with Gasteiger partial charge < -0.3 is 10.1 Å². The van der Waals surface area contributed by atoms with E-state index in [0.29, 0.717) is 12.1 Å². The average molecular weight is 373 g/mol. The summed E-state index contributed by atoms with van der Waals surface area (Å²) in [4.78, 5) is 25.1. The molecule has 1 atom stereocenters. The minimum absolute atomic E-state index is 0.137. The van der Waals surface area contributed by atoms with Crippen LogP contribution in [0.3, 0.4) is 0 Å². The fourth-order valence-corrected chi connectivity index (χ4v) is 6.28. The van der Waals surface area contributed by atoms with Gasteiger partial charge in [0.15, 0.2) is 6.10 Å². The van der Waals surface area contributed by atoms with E-state index < -0.39 is 6.10 Å². The van der Waals surface area contributed by atoms with Crippen LogP contribution in [-0.4, -0.2) is 27.8 Å². The van der Waals surface area contributed by atoms with E-state index in [4.69, 9.17) is 4.74 Å². The minimum Gasteiger partial charge on any atom is -0.453 e. The topological polar surface area (TPSA) is 73.2 Å². The second-order valence-corrected chi connectivity index (χ2v) is 9.39. The third-order valence-corrected chi connectivity index (χ3v) is 7.12. The maximum absolute atomic E-state index is 12.6. The molecule has 1 amide bonds. The van der Waals surface area contributed by atoms with Crippen LogP contribution in [0.1, 0.15) is 63.3 Å². The van der Waals surface area contributed by atoms with Crippen LogP contribution in [0.5, 0.6) is 0 Å². The van der Waals surface area contributed by atoms with E-state index in [1.807, 2.05) is 20.9 Å². The number of aromatic nitrogens is 2. The number of hydrogen-bond acceptors (Lipinski definition) is 4. The van der Waals surface area contributed by atoms with Crippen LogP contribution in [-0.2, 0) is 21.4 Å². The summed E-state index contributed by atoms with van der Waals surface area (Å²) in [5.41, 5.74) is 2.48. The van der Waals surface area contributed by atoms with Crippen LogP contribution < -0.4 is 5.32 Å². The van der Waals surface area contributed by atoms with Gasteiger partial charge in [-0.3, -0.25) is 14.3 Å². The predicted molar refractivity (Wildman–Crippen MR) is 102 cm³/mol. The number of nitrogens with zero attached hydrogens (tertiary/aromatic N) is 2. The van der Waals surface area contributed by atoms with Gasteiger partial charge in [0.1, 0.15) is 0 Å². The molecule has 0 spiro atoms. The average Bonchev–Trinajstić information content (AvgIpc) is 2.79. The molecule has 0 saturated heterocycles. The number of carbonyl (C=O) groups is 2. The lowest BCUT2D eigenvalue weighted by Crippen LogP contribution is -2.47. The second-order valence-electron chi connectivity index (χ2n) is 9.39. The van der Waals surface area contributed by atoms with Crippen molar-refractivity contribution in [2.45, 2.75) is 71.8 Å². The van der Waals surface area contributed by atoms with Crippen LogP contribution in [0, 0.1) is 37.0 Å². The first kappa shape index (κ1) is 18.5. The molecule has 0 radical (unpaired) electrons. The molecule has 1 aromatic heterocycles. The van der Waals surface area contributed by atoms with Crippen molar-refractivity contribution in [3.8, 4) is 0 Å².